The van der Waals surface area contributed by atoms with Gasteiger partial charge in [-0.2, -0.15) is 0 Å². The first-order chi connectivity index (χ1) is 10.5. The van der Waals surface area contributed by atoms with E-state index >= 15 is 0 Å². The highest BCUT2D eigenvalue weighted by atomic mass is 19.2. The molecule has 0 atom stereocenters. The molecule has 1 aromatic carbocycles. The molecule has 0 bridgehead atoms. The first kappa shape index (κ1) is 15.2. The molecular weight excluding hydrogens is 306 g/mol. The highest BCUT2D eigenvalue weighted by Gasteiger charge is 2.41. The number of aldehydes is 1. The van der Waals surface area contributed by atoms with Gasteiger partial charge in [0, 0.05) is 25.9 Å². The molecule has 3 rings (SSSR count). The number of carbonyl (C=O) groups is 1. The Bertz CT molecular complexity index is 578. The van der Waals surface area contributed by atoms with Crippen LogP contribution in [0.2, 0.25) is 0 Å². The van der Waals surface area contributed by atoms with E-state index in [-0.39, 0.29) is 19.4 Å². The van der Waals surface area contributed by atoms with E-state index < -0.39 is 40.3 Å². The molecule has 0 amide bonds. The number of benzene rings is 1. The van der Waals surface area contributed by atoms with Gasteiger partial charge in [0.25, 0.3) is 0 Å². The average molecular weight is 319 g/mol. The molecule has 2 saturated heterocycles. The Kier molecular flexibility index (Phi) is 3.82. The molecule has 22 heavy (non-hydrogen) atoms. The van der Waals surface area contributed by atoms with Crippen LogP contribution in [0.4, 0.5) is 23.2 Å². The summed E-state index contributed by atoms with van der Waals surface area (Å²) in [6.45, 7) is 1.13. The molecule has 1 aromatic rings. The molecule has 120 valence electrons. The Morgan fingerprint density at radius 3 is 1.86 bits per heavy atom. The van der Waals surface area contributed by atoms with Gasteiger partial charge in [-0.3, -0.25) is 4.79 Å². The summed E-state index contributed by atoms with van der Waals surface area (Å²) in [7, 11) is 0. The SMILES string of the molecule is O=Cc1c(F)c(F)c(N2CCC3(CC2)OCCO3)c(F)c1F. The molecule has 2 aliphatic heterocycles. The zero-order valence-corrected chi connectivity index (χ0v) is 11.5. The standard InChI is InChI=1S/C14H13F4NO3/c15-9-8(7-20)10(16)12(18)13(11(9)17)19-3-1-14(2-4-19)21-5-6-22-14/h7H,1-6H2. The van der Waals surface area contributed by atoms with Crippen molar-refractivity contribution in [2.24, 2.45) is 0 Å². The molecule has 0 radical (unpaired) electrons. The number of hydrogen-bond acceptors (Lipinski definition) is 4. The van der Waals surface area contributed by atoms with Crippen molar-refractivity contribution in [1.29, 1.82) is 0 Å². The Morgan fingerprint density at radius 1 is 0.909 bits per heavy atom. The van der Waals surface area contributed by atoms with Crippen molar-refractivity contribution in [3.8, 4) is 0 Å². The summed E-state index contributed by atoms with van der Waals surface area (Å²) in [4.78, 5) is 11.7. The summed E-state index contributed by atoms with van der Waals surface area (Å²) in [5.74, 6) is -7.27. The number of anilines is 1. The Balaban J connectivity index is 1.91. The van der Waals surface area contributed by atoms with Crippen LogP contribution in [0.25, 0.3) is 0 Å². The van der Waals surface area contributed by atoms with Crippen molar-refractivity contribution in [3.05, 3.63) is 28.8 Å². The molecule has 0 unspecified atom stereocenters. The van der Waals surface area contributed by atoms with Crippen molar-refractivity contribution in [3.63, 3.8) is 0 Å². The van der Waals surface area contributed by atoms with Gasteiger partial charge in [0.15, 0.2) is 35.3 Å². The lowest BCUT2D eigenvalue weighted by atomic mass is 10.0. The van der Waals surface area contributed by atoms with Crippen LogP contribution in [-0.2, 0) is 9.47 Å². The van der Waals surface area contributed by atoms with E-state index in [0.29, 0.717) is 26.1 Å². The van der Waals surface area contributed by atoms with Gasteiger partial charge in [0.05, 0.1) is 18.8 Å². The van der Waals surface area contributed by atoms with Gasteiger partial charge in [-0.15, -0.1) is 0 Å². The van der Waals surface area contributed by atoms with Gasteiger partial charge in [-0.05, 0) is 0 Å². The maximum Gasteiger partial charge on any atom is 0.186 e. The van der Waals surface area contributed by atoms with Crippen LogP contribution in [0.3, 0.4) is 0 Å². The first-order valence-electron chi connectivity index (χ1n) is 6.83. The van der Waals surface area contributed by atoms with Crippen LogP contribution in [0.1, 0.15) is 23.2 Å². The summed E-state index contributed by atoms with van der Waals surface area (Å²) < 4.78 is 66.3. The zero-order chi connectivity index (χ0) is 15.9. The van der Waals surface area contributed by atoms with Crippen LogP contribution in [-0.4, -0.2) is 38.4 Å². The van der Waals surface area contributed by atoms with E-state index in [1.807, 2.05) is 0 Å². The van der Waals surface area contributed by atoms with Gasteiger partial charge in [0.1, 0.15) is 5.69 Å². The Morgan fingerprint density at radius 2 is 1.41 bits per heavy atom. The number of ether oxygens (including phenoxy) is 2. The molecule has 2 heterocycles. The molecular formula is C14H13F4NO3. The lowest BCUT2D eigenvalue weighted by Gasteiger charge is -2.38. The van der Waals surface area contributed by atoms with Gasteiger partial charge in [-0.25, -0.2) is 17.6 Å². The minimum absolute atomic E-state index is 0.118. The fourth-order valence-corrected chi connectivity index (χ4v) is 2.87. The summed E-state index contributed by atoms with van der Waals surface area (Å²) >= 11 is 0. The average Bonchev–Trinajstić information content (AvgIpc) is 2.96. The fraction of sp³-hybridized carbons (Fsp3) is 0.500. The van der Waals surface area contributed by atoms with Gasteiger partial charge < -0.3 is 14.4 Å². The van der Waals surface area contributed by atoms with Gasteiger partial charge in [-0.1, -0.05) is 0 Å². The summed E-state index contributed by atoms with van der Waals surface area (Å²) in [5.41, 5.74) is -2.04. The smallest absolute Gasteiger partial charge is 0.186 e. The topological polar surface area (TPSA) is 38.8 Å². The minimum Gasteiger partial charge on any atom is -0.366 e. The number of carbonyl (C=O) groups excluding carboxylic acids is 1. The highest BCUT2D eigenvalue weighted by molar-refractivity contribution is 5.77. The van der Waals surface area contributed by atoms with Crippen molar-refractivity contribution in [1.82, 2.24) is 0 Å². The van der Waals surface area contributed by atoms with E-state index in [0.717, 1.165) is 0 Å². The molecule has 1 spiro atoms. The number of nitrogens with zero attached hydrogens (tertiary/aromatic N) is 1. The molecule has 0 aromatic heterocycles. The first-order valence-corrected chi connectivity index (χ1v) is 6.83. The van der Waals surface area contributed by atoms with Crippen molar-refractivity contribution < 1.29 is 31.8 Å². The predicted octanol–water partition coefficient (Wildman–Crippen LogP) is 2.40. The third-order valence-electron chi connectivity index (χ3n) is 4.05. The molecule has 2 fully saturated rings. The van der Waals surface area contributed by atoms with E-state index in [1.54, 1.807) is 0 Å². The quantitative estimate of drug-likeness (QED) is 0.477. The van der Waals surface area contributed by atoms with Crippen molar-refractivity contribution >= 4 is 12.0 Å². The van der Waals surface area contributed by atoms with Gasteiger partial charge >= 0.3 is 0 Å². The molecule has 4 nitrogen and oxygen atoms in total. The fourth-order valence-electron chi connectivity index (χ4n) is 2.87. The van der Waals surface area contributed by atoms with Crippen LogP contribution in [0.15, 0.2) is 0 Å². The lowest BCUT2D eigenvalue weighted by Crippen LogP contribution is -2.46. The second-order valence-corrected chi connectivity index (χ2v) is 5.23. The Hall–Kier alpha value is -1.67. The molecule has 2 aliphatic rings. The number of halogens is 4. The Labute approximate surface area is 123 Å². The van der Waals surface area contributed by atoms with Crippen molar-refractivity contribution in [2.75, 3.05) is 31.2 Å². The third kappa shape index (κ3) is 2.26. The van der Waals surface area contributed by atoms with Crippen LogP contribution >= 0.6 is 0 Å². The summed E-state index contributed by atoms with van der Waals surface area (Å²) in [6.07, 6.45) is 0.404. The molecule has 0 aliphatic carbocycles. The second-order valence-electron chi connectivity index (χ2n) is 5.23. The number of rotatable bonds is 2. The van der Waals surface area contributed by atoms with E-state index in [4.69, 9.17) is 9.47 Å². The van der Waals surface area contributed by atoms with Crippen molar-refractivity contribution in [2.45, 2.75) is 18.6 Å². The summed E-state index contributed by atoms with van der Waals surface area (Å²) in [6, 6.07) is 0. The molecule has 0 saturated carbocycles. The molecule has 0 N–H and O–H groups in total. The maximum absolute atomic E-state index is 14.0. The van der Waals surface area contributed by atoms with E-state index in [1.165, 1.54) is 4.90 Å². The van der Waals surface area contributed by atoms with Crippen LogP contribution < -0.4 is 4.90 Å². The largest absolute Gasteiger partial charge is 0.366 e. The third-order valence-corrected chi connectivity index (χ3v) is 4.05. The minimum atomic E-state index is -1.68. The summed E-state index contributed by atoms with van der Waals surface area (Å²) in [5, 5.41) is 0. The van der Waals surface area contributed by atoms with Crippen LogP contribution in [0.5, 0.6) is 0 Å². The predicted molar refractivity (Wildman–Crippen MR) is 67.7 cm³/mol. The number of piperidine rings is 1. The number of hydrogen-bond donors (Lipinski definition) is 0. The zero-order valence-electron chi connectivity index (χ0n) is 11.5. The second kappa shape index (κ2) is 5.51. The van der Waals surface area contributed by atoms with Crippen LogP contribution in [0, 0.1) is 23.3 Å². The molecule has 8 heteroatoms. The van der Waals surface area contributed by atoms with E-state index in [2.05, 4.69) is 0 Å². The highest BCUT2D eigenvalue weighted by Crippen LogP contribution is 2.36. The normalized spacial score (nSPS) is 20.6. The maximum atomic E-state index is 14.0. The monoisotopic (exact) mass is 319 g/mol. The van der Waals surface area contributed by atoms with E-state index in [9.17, 15) is 22.4 Å². The lowest BCUT2D eigenvalue weighted by molar-refractivity contribution is -0.169. The van der Waals surface area contributed by atoms with Gasteiger partial charge in [0.2, 0.25) is 0 Å².